The highest BCUT2D eigenvalue weighted by Crippen LogP contribution is 2.61. The van der Waals surface area contributed by atoms with Crippen molar-refractivity contribution in [3.8, 4) is 0 Å². The second-order valence-corrected chi connectivity index (χ2v) is 8.17. The van der Waals surface area contributed by atoms with Crippen LogP contribution in [0.15, 0.2) is 18.2 Å². The predicted octanol–water partition coefficient (Wildman–Crippen LogP) is 2.77. The van der Waals surface area contributed by atoms with Gasteiger partial charge in [-0.1, -0.05) is 39.0 Å². The molecule has 1 aromatic carbocycles. The number of carboxylic acids is 1. The van der Waals surface area contributed by atoms with E-state index in [1.54, 1.807) is 0 Å². The highest BCUT2D eigenvalue weighted by molar-refractivity contribution is 5.77. The van der Waals surface area contributed by atoms with Crippen LogP contribution in [0.2, 0.25) is 0 Å². The Morgan fingerprint density at radius 2 is 2.00 bits per heavy atom. The largest absolute Gasteiger partial charge is 0.477 e. The van der Waals surface area contributed by atoms with E-state index >= 15 is 0 Å². The van der Waals surface area contributed by atoms with Crippen molar-refractivity contribution in [3.05, 3.63) is 34.9 Å². The van der Waals surface area contributed by atoms with Gasteiger partial charge >= 0.3 is 5.97 Å². The van der Waals surface area contributed by atoms with E-state index in [9.17, 15) is 9.90 Å². The Morgan fingerprint density at radius 3 is 2.59 bits per heavy atom. The van der Waals surface area contributed by atoms with Gasteiger partial charge in [0.05, 0.1) is 31.2 Å². The average Bonchev–Trinajstić information content (AvgIpc) is 2.63. The summed E-state index contributed by atoms with van der Waals surface area (Å²) < 4.78 is 6.94. The second-order valence-electron chi connectivity index (χ2n) is 8.17. The van der Waals surface area contributed by atoms with Gasteiger partial charge in [-0.25, -0.2) is 4.79 Å². The highest BCUT2D eigenvalue weighted by atomic mass is 16.5. The van der Waals surface area contributed by atoms with Gasteiger partial charge in [0, 0.05) is 17.9 Å². The van der Waals surface area contributed by atoms with Crippen molar-refractivity contribution in [2.75, 3.05) is 19.7 Å². The van der Waals surface area contributed by atoms with Gasteiger partial charge in [0.15, 0.2) is 0 Å². The molecule has 1 aromatic rings. The monoisotopic (exact) mass is 302 g/mol. The lowest BCUT2D eigenvalue weighted by Gasteiger charge is -2.58. The number of quaternary nitrogens is 1. The molecule has 3 heterocycles. The van der Waals surface area contributed by atoms with Crippen molar-refractivity contribution < 1.29 is 19.1 Å². The SMILES string of the molecule is CC1C[N+]2(C1)C(C(=O)O)c1cccc3c1C2(C)OCC3(C)C. The molecule has 0 aliphatic carbocycles. The summed E-state index contributed by atoms with van der Waals surface area (Å²) in [4.78, 5) is 12.1. The molecule has 2 unspecified atom stereocenters. The summed E-state index contributed by atoms with van der Waals surface area (Å²) >= 11 is 0. The molecule has 1 saturated heterocycles. The van der Waals surface area contributed by atoms with Gasteiger partial charge in [-0.2, -0.15) is 0 Å². The summed E-state index contributed by atoms with van der Waals surface area (Å²) in [6, 6.07) is 5.67. The number of hydrogen-bond donors (Lipinski definition) is 1. The summed E-state index contributed by atoms with van der Waals surface area (Å²) in [5.41, 5.74) is 2.78. The number of hydrogen-bond acceptors (Lipinski definition) is 2. The maximum absolute atomic E-state index is 12.1. The molecule has 4 rings (SSSR count). The first-order valence-corrected chi connectivity index (χ1v) is 8.10. The molecule has 1 fully saturated rings. The van der Waals surface area contributed by atoms with Crippen LogP contribution < -0.4 is 0 Å². The first-order chi connectivity index (χ1) is 10.2. The average molecular weight is 302 g/mol. The lowest BCUT2D eigenvalue weighted by atomic mass is 9.76. The third-order valence-electron chi connectivity index (χ3n) is 6.15. The Kier molecular flexibility index (Phi) is 2.54. The maximum Gasteiger partial charge on any atom is 0.367 e. The van der Waals surface area contributed by atoms with Crippen molar-refractivity contribution in [2.45, 2.75) is 44.9 Å². The summed E-state index contributed by atoms with van der Waals surface area (Å²) in [6.45, 7) is 11.1. The molecule has 1 N–H and O–H groups in total. The van der Waals surface area contributed by atoms with Crippen LogP contribution in [-0.4, -0.2) is 35.3 Å². The second kappa shape index (κ2) is 3.92. The van der Waals surface area contributed by atoms with E-state index in [1.165, 1.54) is 5.56 Å². The Bertz CT molecular complexity index is 675. The van der Waals surface area contributed by atoms with Gasteiger partial charge in [-0.15, -0.1) is 0 Å². The number of carbonyl (C=O) groups is 1. The fraction of sp³-hybridized carbons (Fsp3) is 0.611. The van der Waals surface area contributed by atoms with Gasteiger partial charge in [0.1, 0.15) is 0 Å². The molecule has 118 valence electrons. The summed E-state index contributed by atoms with van der Waals surface area (Å²) in [5.74, 6) is -0.174. The van der Waals surface area contributed by atoms with Crippen LogP contribution in [0.3, 0.4) is 0 Å². The van der Waals surface area contributed by atoms with Gasteiger partial charge < -0.3 is 9.84 Å². The van der Waals surface area contributed by atoms with Gasteiger partial charge in [0.2, 0.25) is 11.8 Å². The quantitative estimate of drug-likeness (QED) is 0.811. The molecular weight excluding hydrogens is 278 g/mol. The number of carboxylic acid groups (broad SMARTS) is 1. The molecule has 0 radical (unpaired) electrons. The van der Waals surface area contributed by atoms with Gasteiger partial charge in [0.25, 0.3) is 0 Å². The minimum Gasteiger partial charge on any atom is -0.477 e. The molecule has 0 amide bonds. The number of benzene rings is 1. The molecule has 4 heteroatoms. The smallest absolute Gasteiger partial charge is 0.367 e. The van der Waals surface area contributed by atoms with Gasteiger partial charge in [-0.3, -0.25) is 4.48 Å². The van der Waals surface area contributed by atoms with Crippen LogP contribution in [0, 0.1) is 5.92 Å². The van der Waals surface area contributed by atoms with Crippen molar-refractivity contribution in [1.82, 2.24) is 0 Å². The molecule has 0 saturated carbocycles. The number of fused-ring (bicyclic) bond motifs is 1. The van der Waals surface area contributed by atoms with E-state index in [0.29, 0.717) is 17.0 Å². The summed E-state index contributed by atoms with van der Waals surface area (Å²) in [6.07, 6.45) is 0. The van der Waals surface area contributed by atoms with E-state index in [0.717, 1.165) is 24.2 Å². The zero-order valence-corrected chi connectivity index (χ0v) is 13.7. The molecule has 0 aromatic heterocycles. The van der Waals surface area contributed by atoms with Crippen LogP contribution in [0.5, 0.6) is 0 Å². The van der Waals surface area contributed by atoms with Crippen molar-refractivity contribution in [2.24, 2.45) is 5.92 Å². The standard InChI is InChI=1S/C18H23NO3/c1-11-8-19(9-11)15(16(20)21)12-6-5-7-13-14(12)18(19,4)22-10-17(13,2)3/h5-7,11,15H,8-10H2,1-4H3/p+1. The number of rotatable bonds is 1. The van der Waals surface area contributed by atoms with Crippen molar-refractivity contribution in [1.29, 1.82) is 0 Å². The van der Waals surface area contributed by atoms with Crippen LogP contribution in [0.4, 0.5) is 0 Å². The lowest BCUT2D eigenvalue weighted by molar-refractivity contribution is -1.06. The number of ether oxygens (including phenoxy) is 1. The lowest BCUT2D eigenvalue weighted by Crippen LogP contribution is -2.72. The molecule has 22 heavy (non-hydrogen) atoms. The molecular formula is C18H24NO3+. The minimum absolute atomic E-state index is 0.0707. The molecule has 1 spiro atoms. The number of nitrogens with zero attached hydrogens (tertiary/aromatic N) is 1. The van der Waals surface area contributed by atoms with E-state index in [4.69, 9.17) is 4.74 Å². The first-order valence-electron chi connectivity index (χ1n) is 8.10. The van der Waals surface area contributed by atoms with E-state index in [-0.39, 0.29) is 5.41 Å². The zero-order valence-electron chi connectivity index (χ0n) is 13.7. The van der Waals surface area contributed by atoms with Crippen LogP contribution in [-0.2, 0) is 20.7 Å². The van der Waals surface area contributed by atoms with E-state index < -0.39 is 17.7 Å². The first kappa shape index (κ1) is 14.2. The van der Waals surface area contributed by atoms with Crippen molar-refractivity contribution >= 4 is 5.97 Å². The fourth-order valence-corrected chi connectivity index (χ4v) is 5.18. The normalized spacial score (nSPS) is 41.1. The summed E-state index contributed by atoms with van der Waals surface area (Å²) in [7, 11) is 0. The molecule has 3 aliphatic rings. The van der Waals surface area contributed by atoms with E-state index in [2.05, 4.69) is 33.8 Å². The van der Waals surface area contributed by atoms with Gasteiger partial charge in [-0.05, 0) is 5.56 Å². The maximum atomic E-state index is 12.1. The Hall–Kier alpha value is -1.39. The Morgan fingerprint density at radius 1 is 1.32 bits per heavy atom. The van der Waals surface area contributed by atoms with Crippen LogP contribution in [0.1, 0.15) is 50.4 Å². The minimum atomic E-state index is -0.725. The van der Waals surface area contributed by atoms with Crippen molar-refractivity contribution in [3.63, 3.8) is 0 Å². The topological polar surface area (TPSA) is 46.5 Å². The fourth-order valence-electron chi connectivity index (χ4n) is 5.18. The summed E-state index contributed by atoms with van der Waals surface area (Å²) in [5, 5.41) is 9.94. The molecule has 4 nitrogen and oxygen atoms in total. The third kappa shape index (κ3) is 1.38. The number of aliphatic carboxylic acids is 1. The Labute approximate surface area is 131 Å². The van der Waals surface area contributed by atoms with E-state index in [1.807, 2.05) is 12.1 Å². The predicted molar refractivity (Wildman–Crippen MR) is 82.3 cm³/mol. The van der Waals surface area contributed by atoms with Crippen LogP contribution in [0.25, 0.3) is 0 Å². The molecule has 0 bridgehead atoms. The molecule has 3 aliphatic heterocycles. The Balaban J connectivity index is 2.02. The highest BCUT2D eigenvalue weighted by Gasteiger charge is 2.71. The van der Waals surface area contributed by atoms with Crippen LogP contribution >= 0.6 is 0 Å². The molecule has 2 atom stereocenters. The zero-order chi connectivity index (χ0) is 15.9. The third-order valence-corrected chi connectivity index (χ3v) is 6.15.